The molecule has 178 valence electrons. The number of amides is 3. The topological polar surface area (TPSA) is 135 Å². The molecule has 10 heteroatoms. The number of methoxy groups -OCH3 is 1. The van der Waals surface area contributed by atoms with Gasteiger partial charge in [0.25, 0.3) is 5.91 Å². The quantitative estimate of drug-likeness (QED) is 0.287. The van der Waals surface area contributed by atoms with Crippen LogP contribution in [-0.2, 0) is 22.7 Å². The third-order valence-corrected chi connectivity index (χ3v) is 5.10. The number of carbonyl (C=O) groups excluding carboxylic acids is 3. The third-order valence-electron chi connectivity index (χ3n) is 5.10. The number of urea groups is 1. The molecule has 2 N–H and O–H groups in total. The molecule has 3 amide bonds. The highest BCUT2D eigenvalue weighted by atomic mass is 16.5. The Bertz CT molecular complexity index is 1320. The summed E-state index contributed by atoms with van der Waals surface area (Å²) >= 11 is 0. The van der Waals surface area contributed by atoms with E-state index >= 15 is 0 Å². The fraction of sp³-hybridized carbons (Fsp3) is 0.120. The van der Waals surface area contributed by atoms with Gasteiger partial charge in [-0.25, -0.2) is 14.4 Å². The lowest BCUT2D eigenvalue weighted by atomic mass is 10.1. The van der Waals surface area contributed by atoms with Gasteiger partial charge in [0.2, 0.25) is 5.76 Å². The number of rotatable bonds is 8. The van der Waals surface area contributed by atoms with Crippen LogP contribution in [0.5, 0.6) is 5.75 Å². The second kappa shape index (κ2) is 9.96. The van der Waals surface area contributed by atoms with Gasteiger partial charge in [-0.3, -0.25) is 9.69 Å². The molecule has 35 heavy (non-hydrogen) atoms. The van der Waals surface area contributed by atoms with E-state index in [0.717, 1.165) is 10.5 Å². The second-order valence-electron chi connectivity index (χ2n) is 7.50. The number of carbonyl (C=O) groups is 4. The van der Waals surface area contributed by atoms with Gasteiger partial charge < -0.3 is 24.3 Å². The number of hydrogen-bond acceptors (Lipinski definition) is 7. The highest BCUT2D eigenvalue weighted by Gasteiger charge is 2.34. The first-order valence-electron chi connectivity index (χ1n) is 10.4. The van der Waals surface area contributed by atoms with E-state index in [2.05, 4.69) is 10.1 Å². The van der Waals surface area contributed by atoms with Gasteiger partial charge in [0.1, 0.15) is 23.8 Å². The molecule has 4 rings (SSSR count). The molecular weight excluding hydrogens is 456 g/mol. The van der Waals surface area contributed by atoms with E-state index < -0.39 is 23.9 Å². The number of furan rings is 1. The van der Waals surface area contributed by atoms with Crippen LogP contribution < -0.4 is 10.1 Å². The standard InChI is InChI=1S/C25H20N2O8/c1-33-24(31)21-10-9-19(35-21)13-27-22(28)20(26-25(27)32)12-16-3-2-4-18(11-16)34-14-15-5-7-17(8-6-15)23(29)30/h2-12H,13-14H2,1H3,(H,26,32)(H,29,30)/b20-12-. The first kappa shape index (κ1) is 23.3. The van der Waals surface area contributed by atoms with Gasteiger partial charge in [0, 0.05) is 0 Å². The van der Waals surface area contributed by atoms with E-state index in [1.54, 1.807) is 36.4 Å². The maximum absolute atomic E-state index is 12.8. The zero-order valence-electron chi connectivity index (χ0n) is 18.5. The van der Waals surface area contributed by atoms with Gasteiger partial charge in [0.05, 0.1) is 19.2 Å². The van der Waals surface area contributed by atoms with Crippen molar-refractivity contribution in [3.05, 3.63) is 94.6 Å². The van der Waals surface area contributed by atoms with Crippen molar-refractivity contribution < 1.29 is 38.2 Å². The van der Waals surface area contributed by atoms with Crippen molar-refractivity contribution in [3.63, 3.8) is 0 Å². The van der Waals surface area contributed by atoms with Gasteiger partial charge in [-0.1, -0.05) is 24.3 Å². The summed E-state index contributed by atoms with van der Waals surface area (Å²) in [5.74, 6) is -1.45. The first-order valence-corrected chi connectivity index (χ1v) is 10.4. The number of esters is 1. The molecule has 0 spiro atoms. The SMILES string of the molecule is COC(=O)c1ccc(CN2C(=O)N/C(=C\c3cccc(OCc4ccc(C(=O)O)cc4)c3)C2=O)o1. The van der Waals surface area contributed by atoms with Crippen molar-refractivity contribution in [3.8, 4) is 5.75 Å². The summed E-state index contributed by atoms with van der Waals surface area (Å²) in [6, 6.07) is 15.6. The molecule has 0 unspecified atom stereocenters. The fourth-order valence-corrected chi connectivity index (χ4v) is 3.32. The van der Waals surface area contributed by atoms with E-state index in [-0.39, 0.29) is 35.9 Å². The minimum atomic E-state index is -1.000. The van der Waals surface area contributed by atoms with Crippen LogP contribution in [-0.4, -0.2) is 41.0 Å². The lowest BCUT2D eigenvalue weighted by Crippen LogP contribution is -2.30. The van der Waals surface area contributed by atoms with Crippen molar-refractivity contribution in [1.29, 1.82) is 0 Å². The van der Waals surface area contributed by atoms with Crippen molar-refractivity contribution in [1.82, 2.24) is 10.2 Å². The monoisotopic (exact) mass is 476 g/mol. The second-order valence-corrected chi connectivity index (χ2v) is 7.50. The molecule has 1 aliphatic rings. The number of nitrogens with one attached hydrogen (secondary N) is 1. The minimum Gasteiger partial charge on any atom is -0.489 e. The summed E-state index contributed by atoms with van der Waals surface area (Å²) in [6.07, 6.45) is 1.52. The van der Waals surface area contributed by atoms with E-state index in [9.17, 15) is 19.2 Å². The molecule has 0 aliphatic carbocycles. The number of carboxylic acids is 1. The number of carboxylic acid groups (broad SMARTS) is 1. The molecule has 1 aromatic heterocycles. The zero-order chi connectivity index (χ0) is 24.9. The van der Waals surface area contributed by atoms with Gasteiger partial charge in [0.15, 0.2) is 0 Å². The number of aromatic carboxylic acids is 1. The summed E-state index contributed by atoms with van der Waals surface area (Å²) in [4.78, 5) is 48.5. The Kier molecular flexibility index (Phi) is 6.63. The maximum Gasteiger partial charge on any atom is 0.373 e. The summed E-state index contributed by atoms with van der Waals surface area (Å²) in [5, 5.41) is 11.5. The fourth-order valence-electron chi connectivity index (χ4n) is 3.32. The van der Waals surface area contributed by atoms with Gasteiger partial charge in [-0.15, -0.1) is 0 Å². The van der Waals surface area contributed by atoms with Crippen molar-refractivity contribution in [2.75, 3.05) is 7.11 Å². The highest BCUT2D eigenvalue weighted by molar-refractivity contribution is 6.13. The zero-order valence-corrected chi connectivity index (χ0v) is 18.5. The molecular formula is C25H20N2O8. The predicted octanol–water partition coefficient (Wildman–Crippen LogP) is 3.44. The van der Waals surface area contributed by atoms with Crippen LogP contribution in [0.3, 0.4) is 0 Å². The van der Waals surface area contributed by atoms with Crippen LogP contribution in [0.1, 0.15) is 37.8 Å². The summed E-state index contributed by atoms with van der Waals surface area (Å²) in [7, 11) is 1.22. The number of hydrogen-bond donors (Lipinski definition) is 2. The highest BCUT2D eigenvalue weighted by Crippen LogP contribution is 2.21. The van der Waals surface area contributed by atoms with Crippen LogP contribution in [0.2, 0.25) is 0 Å². The molecule has 1 saturated heterocycles. The van der Waals surface area contributed by atoms with E-state index in [1.807, 2.05) is 0 Å². The van der Waals surface area contributed by atoms with Crippen LogP contribution in [0.25, 0.3) is 6.08 Å². The van der Waals surface area contributed by atoms with Crippen LogP contribution >= 0.6 is 0 Å². The molecule has 0 saturated carbocycles. The van der Waals surface area contributed by atoms with Crippen LogP contribution in [0.4, 0.5) is 4.79 Å². The smallest absolute Gasteiger partial charge is 0.373 e. The van der Waals surface area contributed by atoms with Crippen molar-refractivity contribution in [2.45, 2.75) is 13.2 Å². The lowest BCUT2D eigenvalue weighted by molar-refractivity contribution is -0.123. The molecule has 0 bridgehead atoms. The molecule has 2 aromatic carbocycles. The summed E-state index contributed by atoms with van der Waals surface area (Å²) in [5.41, 5.74) is 1.69. The Balaban J connectivity index is 1.42. The first-order chi connectivity index (χ1) is 16.8. The Morgan fingerprint density at radius 2 is 1.86 bits per heavy atom. The Morgan fingerprint density at radius 1 is 1.09 bits per heavy atom. The molecule has 1 fully saturated rings. The predicted molar refractivity (Wildman–Crippen MR) is 121 cm³/mol. The molecule has 0 atom stereocenters. The summed E-state index contributed by atoms with van der Waals surface area (Å²) in [6.45, 7) is 0.0723. The number of ether oxygens (including phenoxy) is 2. The van der Waals surface area contributed by atoms with Crippen LogP contribution in [0.15, 0.2) is 70.8 Å². The van der Waals surface area contributed by atoms with Crippen molar-refractivity contribution >= 4 is 30.0 Å². The van der Waals surface area contributed by atoms with Crippen molar-refractivity contribution in [2.24, 2.45) is 0 Å². The van der Waals surface area contributed by atoms with Gasteiger partial charge >= 0.3 is 18.0 Å². The molecule has 3 aromatic rings. The largest absolute Gasteiger partial charge is 0.489 e. The number of nitrogens with zero attached hydrogens (tertiary/aromatic N) is 1. The Morgan fingerprint density at radius 3 is 2.57 bits per heavy atom. The van der Waals surface area contributed by atoms with E-state index in [4.69, 9.17) is 14.3 Å². The minimum absolute atomic E-state index is 0.0278. The average Bonchev–Trinajstić information content (AvgIpc) is 3.43. The lowest BCUT2D eigenvalue weighted by Gasteiger charge is -2.09. The maximum atomic E-state index is 12.8. The number of benzene rings is 2. The summed E-state index contributed by atoms with van der Waals surface area (Å²) < 4.78 is 15.7. The van der Waals surface area contributed by atoms with Crippen LogP contribution in [0, 0.1) is 0 Å². The van der Waals surface area contributed by atoms with Gasteiger partial charge in [-0.2, -0.15) is 0 Å². The molecule has 2 heterocycles. The molecule has 10 nitrogen and oxygen atoms in total. The Labute approximate surface area is 199 Å². The third kappa shape index (κ3) is 5.38. The average molecular weight is 476 g/mol. The van der Waals surface area contributed by atoms with E-state index in [0.29, 0.717) is 11.3 Å². The molecule has 1 aliphatic heterocycles. The normalized spacial score (nSPS) is 14.2. The van der Waals surface area contributed by atoms with E-state index in [1.165, 1.54) is 37.5 Å². The van der Waals surface area contributed by atoms with Gasteiger partial charge in [-0.05, 0) is 53.6 Å². The number of imide groups is 1. The Hall–Kier alpha value is -4.86. The molecule has 0 radical (unpaired) electrons.